The molecule has 0 bridgehead atoms. The van der Waals surface area contributed by atoms with E-state index in [1.165, 1.54) is 14.2 Å². The Labute approximate surface area is 395 Å². The van der Waals surface area contributed by atoms with Gasteiger partial charge in [-0.2, -0.15) is 0 Å². The summed E-state index contributed by atoms with van der Waals surface area (Å²) in [4.78, 5) is 26.2. The fourth-order valence-electron chi connectivity index (χ4n) is 8.23. The van der Waals surface area contributed by atoms with Crippen molar-refractivity contribution in [1.29, 1.82) is 0 Å². The van der Waals surface area contributed by atoms with Crippen LogP contribution in [0.25, 0.3) is 0 Å². The number of aliphatic hydroxyl groups excluding tert-OH is 1. The van der Waals surface area contributed by atoms with E-state index in [0.717, 1.165) is 30.5 Å². The molecule has 2 aliphatic heterocycles. The van der Waals surface area contributed by atoms with Crippen LogP contribution in [0.15, 0.2) is 84.9 Å². The van der Waals surface area contributed by atoms with Gasteiger partial charge < -0.3 is 61.5 Å². The minimum Gasteiger partial charge on any atom is -0.735 e. The number of hydrogen-bond donors (Lipinski definition) is 2. The number of esters is 2. The molecule has 2 N–H and O–H groups in total. The predicted molar refractivity (Wildman–Crippen MR) is 248 cm³/mol. The Balaban J connectivity index is 1.62. The summed E-state index contributed by atoms with van der Waals surface area (Å²) in [6, 6.07) is 25.4. The van der Waals surface area contributed by atoms with Crippen LogP contribution in [0.2, 0.25) is 30.7 Å². The molecule has 5 rings (SSSR count). The lowest BCUT2D eigenvalue weighted by molar-refractivity contribution is -0.349. The topological polar surface area (TPSA) is 225 Å². The van der Waals surface area contributed by atoms with Crippen molar-refractivity contribution in [2.24, 2.45) is 0 Å². The van der Waals surface area contributed by atoms with E-state index in [1.807, 2.05) is 65.4 Å². The van der Waals surface area contributed by atoms with Crippen molar-refractivity contribution < 1.29 is 79.5 Å². The highest BCUT2D eigenvalue weighted by atomic mass is 32.2. The van der Waals surface area contributed by atoms with Crippen molar-refractivity contribution >= 4 is 49.0 Å². The molecule has 10 atom stereocenters. The van der Waals surface area contributed by atoms with Crippen LogP contribution in [0.5, 0.6) is 5.75 Å². The Hall–Kier alpha value is -3.66. The first-order chi connectivity index (χ1) is 31.6. The second-order valence-corrected chi connectivity index (χ2v) is 29.6. The SMILES string of the molecule is COC(=O)[C@H]1O[C@H](OC)[C@H](OC(C)=O)[C@@H](OCOCC[Si](C)(C)C)[C@@H]1O[C@H]1O[C@H](CO[Si](c2ccccc2)(c2ccccc2)C(C)(C)C)[C@@H](OCc2ccc(OC)cc2)[C@H](O)[C@H]1NS(=O)(=O)[O-]. The lowest BCUT2D eigenvalue weighted by atomic mass is 9.95. The molecule has 2 saturated heterocycles. The number of benzene rings is 3. The molecule has 18 nitrogen and oxygen atoms in total. The van der Waals surface area contributed by atoms with Crippen molar-refractivity contribution in [3.63, 3.8) is 0 Å². The molecule has 0 aromatic heterocycles. The van der Waals surface area contributed by atoms with Crippen LogP contribution in [0.3, 0.4) is 0 Å². The number of methoxy groups -OCH3 is 3. The van der Waals surface area contributed by atoms with Crippen molar-refractivity contribution in [1.82, 2.24) is 4.72 Å². The molecular formula is C46H66NO17SSi2-. The third-order valence-corrected chi connectivity index (χ3v) is 18.8. The molecule has 3 aromatic rings. The second-order valence-electron chi connectivity index (χ2n) is 18.6. The van der Waals surface area contributed by atoms with Crippen molar-refractivity contribution in [3.05, 3.63) is 90.5 Å². The maximum atomic E-state index is 13.6. The predicted octanol–water partition coefficient (Wildman–Crippen LogP) is 3.22. The van der Waals surface area contributed by atoms with Gasteiger partial charge in [-0.1, -0.05) is 113 Å². The van der Waals surface area contributed by atoms with Crippen LogP contribution in [-0.2, 0) is 73.6 Å². The number of carbonyl (C=O) groups excluding carboxylic acids is 2. The molecular weight excluding hydrogens is 927 g/mol. The van der Waals surface area contributed by atoms with E-state index in [2.05, 4.69) is 40.4 Å². The van der Waals surface area contributed by atoms with Gasteiger partial charge in [-0.05, 0) is 39.2 Å². The standard InChI is InChI=1S/C46H67NO17SSi2/c1-30(48)61-42-39(59-29-57-25-26-66(8,9)10)40(41(43(50)55-6)64-45(42)56-7)63-44-36(47-65(51,52)53)37(49)38(58-27-31-21-23-32(54-5)24-22-31)35(62-44)28-60-67(46(2,3)4,33-17-13-11-14-18-33)34-19-15-12-16-20-34/h11-24,35-42,44-45,47,49H,25-29H2,1-10H3,(H,51,52,53)/p-1/t35-,36-,37-,38-,39+,40+,41+,42-,44-,45+/m1/s1. The average molecular weight is 993 g/mol. The summed E-state index contributed by atoms with van der Waals surface area (Å²) in [6.07, 6.45) is -14.0. The summed E-state index contributed by atoms with van der Waals surface area (Å²) in [5.74, 6) is -1.15. The molecule has 2 fully saturated rings. The first-order valence-electron chi connectivity index (χ1n) is 22.0. The van der Waals surface area contributed by atoms with Crippen LogP contribution < -0.4 is 19.8 Å². The first kappa shape index (κ1) is 54.3. The second kappa shape index (κ2) is 23.8. The van der Waals surface area contributed by atoms with E-state index in [-0.39, 0.29) is 20.0 Å². The molecule has 0 radical (unpaired) electrons. The highest BCUT2D eigenvalue weighted by molar-refractivity contribution is 7.83. The maximum Gasteiger partial charge on any atom is 0.337 e. The molecule has 372 valence electrons. The van der Waals surface area contributed by atoms with Crippen LogP contribution in [0.4, 0.5) is 0 Å². The fourth-order valence-corrected chi connectivity index (χ4v) is 14.1. The number of nitrogens with one attached hydrogen (secondary N) is 1. The summed E-state index contributed by atoms with van der Waals surface area (Å²) in [6.45, 7) is 13.5. The van der Waals surface area contributed by atoms with Crippen molar-refractivity contribution in [2.75, 3.05) is 41.3 Å². The lowest BCUT2D eigenvalue weighted by Crippen LogP contribution is -2.70. The average Bonchev–Trinajstić information content (AvgIpc) is 3.27. The zero-order chi connectivity index (χ0) is 49.2. The number of ether oxygens (including phenoxy) is 10. The fraction of sp³-hybridized carbons (Fsp3) is 0.565. The summed E-state index contributed by atoms with van der Waals surface area (Å²) in [7, 11) is -6.32. The van der Waals surface area contributed by atoms with Gasteiger partial charge in [0.15, 0.2) is 35.1 Å². The van der Waals surface area contributed by atoms with E-state index in [0.29, 0.717) is 17.9 Å². The van der Waals surface area contributed by atoms with E-state index in [1.54, 1.807) is 24.3 Å². The van der Waals surface area contributed by atoms with Crippen LogP contribution in [-0.4, -0.2) is 149 Å². The number of rotatable bonds is 22. The Morgan fingerprint density at radius 3 is 1.94 bits per heavy atom. The monoisotopic (exact) mass is 992 g/mol. The van der Waals surface area contributed by atoms with E-state index in [4.69, 9.17) is 51.8 Å². The first-order valence-corrected chi connectivity index (χ1v) is 29.0. The van der Waals surface area contributed by atoms with Crippen LogP contribution in [0.1, 0.15) is 33.3 Å². The number of carbonyl (C=O) groups is 2. The van der Waals surface area contributed by atoms with Crippen molar-refractivity contribution in [2.45, 2.75) is 126 Å². The summed E-state index contributed by atoms with van der Waals surface area (Å²) in [5.41, 5.74) is 0.663. The molecule has 3 aromatic carbocycles. The molecule has 67 heavy (non-hydrogen) atoms. The molecule has 0 unspecified atom stereocenters. The van der Waals surface area contributed by atoms with E-state index >= 15 is 0 Å². The number of hydrogen-bond acceptors (Lipinski definition) is 17. The van der Waals surface area contributed by atoms with Gasteiger partial charge in [0.05, 0.1) is 27.4 Å². The molecule has 21 heteroatoms. The van der Waals surface area contributed by atoms with Gasteiger partial charge in [-0.15, -0.1) is 0 Å². The summed E-state index contributed by atoms with van der Waals surface area (Å²) >= 11 is 0. The third kappa shape index (κ3) is 14.2. The Bertz CT molecular complexity index is 2090. The summed E-state index contributed by atoms with van der Waals surface area (Å²) in [5, 5.41) is 13.7. The van der Waals surface area contributed by atoms with Crippen LogP contribution in [0, 0.1) is 0 Å². The molecule has 0 amide bonds. The Morgan fingerprint density at radius 2 is 1.43 bits per heavy atom. The van der Waals surface area contributed by atoms with Gasteiger partial charge in [-0.3, -0.25) is 4.79 Å². The molecule has 0 spiro atoms. The van der Waals surface area contributed by atoms with Gasteiger partial charge in [0.2, 0.25) is 0 Å². The van der Waals surface area contributed by atoms with Gasteiger partial charge in [0.25, 0.3) is 8.32 Å². The highest BCUT2D eigenvalue weighted by Crippen LogP contribution is 2.39. The third-order valence-electron chi connectivity index (χ3n) is 11.5. The summed E-state index contributed by atoms with van der Waals surface area (Å²) < 4.78 is 106. The zero-order valence-electron chi connectivity index (χ0n) is 39.8. The maximum absolute atomic E-state index is 13.6. The quantitative estimate of drug-likeness (QED) is 0.0485. The molecule has 0 saturated carbocycles. The van der Waals surface area contributed by atoms with E-state index in [9.17, 15) is 27.7 Å². The van der Waals surface area contributed by atoms with Gasteiger partial charge in [0.1, 0.15) is 49.1 Å². The minimum atomic E-state index is -5.37. The normalized spacial score (nSPS) is 26.1. The Kier molecular flexibility index (Phi) is 19.3. The molecule has 2 heterocycles. The van der Waals surface area contributed by atoms with Gasteiger partial charge in [-0.25, -0.2) is 17.9 Å². The lowest BCUT2D eigenvalue weighted by Gasteiger charge is -2.49. The van der Waals surface area contributed by atoms with Crippen LogP contribution >= 0.6 is 0 Å². The smallest absolute Gasteiger partial charge is 0.337 e. The molecule has 2 aliphatic rings. The zero-order valence-corrected chi connectivity index (χ0v) is 42.6. The van der Waals surface area contributed by atoms with Crippen molar-refractivity contribution in [3.8, 4) is 5.75 Å². The Morgan fingerprint density at radius 1 is 0.821 bits per heavy atom. The minimum absolute atomic E-state index is 0.107. The van der Waals surface area contributed by atoms with E-state index < -0.39 is 105 Å². The highest BCUT2D eigenvalue weighted by Gasteiger charge is 2.57. The van der Waals surface area contributed by atoms with Gasteiger partial charge in [0, 0.05) is 28.7 Å². The largest absolute Gasteiger partial charge is 0.735 e. The molecule has 0 aliphatic carbocycles. The number of aliphatic hydroxyl groups is 1. The van der Waals surface area contributed by atoms with Gasteiger partial charge >= 0.3 is 11.9 Å².